The molecule has 0 aliphatic carbocycles. The number of sulfonamides is 1. The van der Waals surface area contributed by atoms with Gasteiger partial charge in [0.2, 0.25) is 5.91 Å². The second-order valence-electron chi connectivity index (χ2n) is 12.2. The fourth-order valence-corrected chi connectivity index (χ4v) is 7.63. The van der Waals surface area contributed by atoms with Crippen molar-refractivity contribution in [3.05, 3.63) is 101 Å². The maximum absolute atomic E-state index is 13.6. The fraction of sp³-hybridized carbons (Fsp3) is 0.314. The van der Waals surface area contributed by atoms with E-state index in [0.717, 1.165) is 16.9 Å². The Morgan fingerprint density at radius 2 is 1.88 bits per heavy atom. The molecule has 48 heavy (non-hydrogen) atoms. The van der Waals surface area contributed by atoms with Gasteiger partial charge in [-0.3, -0.25) is 19.2 Å². The van der Waals surface area contributed by atoms with Gasteiger partial charge in [0.05, 0.1) is 30.4 Å². The first kappa shape index (κ1) is 34.9. The van der Waals surface area contributed by atoms with E-state index in [9.17, 15) is 23.1 Å². The van der Waals surface area contributed by atoms with Gasteiger partial charge in [0.25, 0.3) is 15.9 Å². The Labute approximate surface area is 285 Å². The Bertz CT molecular complexity index is 1830. The molecule has 3 aromatic carbocycles. The number of anilines is 3. The van der Waals surface area contributed by atoms with Crippen LogP contribution in [0.2, 0.25) is 0 Å². The molecule has 0 unspecified atom stereocenters. The van der Waals surface area contributed by atoms with Crippen LogP contribution >= 0.6 is 11.3 Å². The van der Waals surface area contributed by atoms with Gasteiger partial charge in [-0.05, 0) is 73.4 Å². The highest BCUT2D eigenvalue weighted by molar-refractivity contribution is 7.94. The number of likely N-dealkylation sites (N-methyl/N-ethyl adjacent to an activating group) is 1. The lowest BCUT2D eigenvalue weighted by molar-refractivity contribution is -0.134. The summed E-state index contributed by atoms with van der Waals surface area (Å²) >= 11 is 1.12. The summed E-state index contributed by atoms with van der Waals surface area (Å²) in [7, 11) is -1.81. The lowest BCUT2D eigenvalue weighted by atomic mass is 10.0. The highest BCUT2D eigenvalue weighted by atomic mass is 32.2. The standard InChI is InChI=1S/C35H41N5O6S2/c1-23-19-40(24(2)22-41)33(42)18-27-17-28(38-48(44,45)34-9-6-16-47-34)14-15-31(27)46-32(23)21-39(3)20-25-10-12-26(13-11-25)35(43)37-30-8-5-4-7-29(30)36/h4-17,23-24,32,38,41H,18-22,36H2,1-3H3,(H,37,43)/t23-,24+,32+/m1/s1. The van der Waals surface area contributed by atoms with Gasteiger partial charge in [0.1, 0.15) is 16.1 Å². The molecule has 0 fully saturated rings. The van der Waals surface area contributed by atoms with E-state index < -0.39 is 16.1 Å². The normalized spacial score (nSPS) is 17.4. The van der Waals surface area contributed by atoms with Gasteiger partial charge in [0, 0.05) is 42.4 Å². The van der Waals surface area contributed by atoms with Gasteiger partial charge >= 0.3 is 0 Å². The number of hydrogen-bond donors (Lipinski definition) is 4. The van der Waals surface area contributed by atoms with E-state index in [4.69, 9.17) is 10.5 Å². The molecule has 254 valence electrons. The first-order valence-electron chi connectivity index (χ1n) is 15.6. The molecule has 2 amide bonds. The van der Waals surface area contributed by atoms with Crippen molar-refractivity contribution >= 4 is 50.2 Å². The molecule has 0 bridgehead atoms. The number of nitrogens with one attached hydrogen (secondary N) is 2. The van der Waals surface area contributed by atoms with Crippen LogP contribution in [-0.2, 0) is 27.8 Å². The van der Waals surface area contributed by atoms with Crippen LogP contribution in [0, 0.1) is 5.92 Å². The van der Waals surface area contributed by atoms with Gasteiger partial charge in [-0.1, -0.05) is 37.3 Å². The van der Waals surface area contributed by atoms with Crippen LogP contribution in [0.1, 0.15) is 35.3 Å². The van der Waals surface area contributed by atoms with Crippen LogP contribution in [-0.4, -0.2) is 74.0 Å². The van der Waals surface area contributed by atoms with Gasteiger partial charge in [0.15, 0.2) is 0 Å². The molecule has 1 aliphatic rings. The fourth-order valence-electron chi connectivity index (χ4n) is 5.58. The molecule has 0 spiro atoms. The Balaban J connectivity index is 1.32. The van der Waals surface area contributed by atoms with Crippen LogP contribution in [0.3, 0.4) is 0 Å². The maximum atomic E-state index is 13.6. The monoisotopic (exact) mass is 691 g/mol. The summed E-state index contributed by atoms with van der Waals surface area (Å²) < 4.78 is 35.2. The molecule has 0 radical (unpaired) electrons. The Hall–Kier alpha value is -4.43. The number of ether oxygens (including phenoxy) is 1. The summed E-state index contributed by atoms with van der Waals surface area (Å²) in [5.41, 5.74) is 9.39. The minimum Gasteiger partial charge on any atom is -0.488 e. The minimum atomic E-state index is -3.79. The summed E-state index contributed by atoms with van der Waals surface area (Å²) in [6.07, 6.45) is -0.358. The quantitative estimate of drug-likeness (QED) is 0.166. The summed E-state index contributed by atoms with van der Waals surface area (Å²) in [6, 6.07) is 22.2. The first-order chi connectivity index (χ1) is 22.9. The molecular weight excluding hydrogens is 651 g/mol. The third kappa shape index (κ3) is 8.53. The number of carbonyl (C=O) groups is 2. The zero-order valence-corrected chi connectivity index (χ0v) is 28.8. The van der Waals surface area contributed by atoms with E-state index in [1.165, 1.54) is 6.07 Å². The van der Waals surface area contributed by atoms with Gasteiger partial charge in [-0.25, -0.2) is 8.42 Å². The summed E-state index contributed by atoms with van der Waals surface area (Å²) in [4.78, 5) is 30.1. The number of fused-ring (bicyclic) bond motifs is 1. The van der Waals surface area contributed by atoms with E-state index >= 15 is 0 Å². The lowest BCUT2D eigenvalue weighted by Crippen LogP contribution is -2.47. The predicted octanol–water partition coefficient (Wildman–Crippen LogP) is 4.66. The summed E-state index contributed by atoms with van der Waals surface area (Å²) in [5.74, 6) is -0.0389. The number of carbonyl (C=O) groups excluding carboxylic acids is 2. The van der Waals surface area contributed by atoms with Crippen molar-refractivity contribution in [2.45, 2.75) is 43.2 Å². The number of amides is 2. The summed E-state index contributed by atoms with van der Waals surface area (Å²) in [5, 5.41) is 14.5. The minimum absolute atomic E-state index is 0.0136. The van der Waals surface area contributed by atoms with E-state index in [1.807, 2.05) is 32.2 Å². The second kappa shape index (κ2) is 15.2. The third-order valence-electron chi connectivity index (χ3n) is 8.30. The number of aliphatic hydroxyl groups is 1. The molecule has 2 heterocycles. The number of nitrogens with zero attached hydrogens (tertiary/aromatic N) is 2. The maximum Gasteiger partial charge on any atom is 0.271 e. The number of rotatable bonds is 11. The topological polar surface area (TPSA) is 154 Å². The molecule has 1 aliphatic heterocycles. The van der Waals surface area contributed by atoms with Crippen molar-refractivity contribution in [3.63, 3.8) is 0 Å². The molecule has 3 atom stereocenters. The Morgan fingerprint density at radius 1 is 1.12 bits per heavy atom. The number of para-hydroxylation sites is 2. The molecule has 13 heteroatoms. The van der Waals surface area contributed by atoms with Crippen molar-refractivity contribution in [1.29, 1.82) is 0 Å². The van der Waals surface area contributed by atoms with Gasteiger partial charge in [-0.2, -0.15) is 0 Å². The number of benzene rings is 3. The Kier molecular flexibility index (Phi) is 11.0. The van der Waals surface area contributed by atoms with Crippen molar-refractivity contribution in [3.8, 4) is 5.75 Å². The van der Waals surface area contributed by atoms with Gasteiger partial charge in [-0.15, -0.1) is 11.3 Å². The summed E-state index contributed by atoms with van der Waals surface area (Å²) in [6.45, 7) is 5.09. The first-order valence-corrected chi connectivity index (χ1v) is 18.0. The average molecular weight is 692 g/mol. The third-order valence-corrected chi connectivity index (χ3v) is 11.1. The van der Waals surface area contributed by atoms with E-state index in [2.05, 4.69) is 14.9 Å². The van der Waals surface area contributed by atoms with Crippen LogP contribution in [0.15, 0.2) is 88.5 Å². The van der Waals surface area contributed by atoms with Gasteiger partial charge < -0.3 is 25.8 Å². The Morgan fingerprint density at radius 3 is 2.56 bits per heavy atom. The molecule has 5 N–H and O–H groups in total. The second-order valence-corrected chi connectivity index (χ2v) is 15.0. The molecule has 5 rings (SSSR count). The van der Waals surface area contributed by atoms with Crippen LogP contribution in [0.25, 0.3) is 0 Å². The molecule has 11 nitrogen and oxygen atoms in total. The SMILES string of the molecule is C[C@@H]1CN([C@@H](C)CO)C(=O)Cc2cc(NS(=O)(=O)c3cccs3)ccc2O[C@H]1CN(C)Cc1ccc(C(=O)Nc2ccccc2N)cc1. The van der Waals surface area contributed by atoms with Crippen molar-refractivity contribution < 1.29 is 27.9 Å². The lowest BCUT2D eigenvalue weighted by Gasteiger charge is -2.34. The zero-order chi connectivity index (χ0) is 34.4. The largest absolute Gasteiger partial charge is 0.488 e. The number of thiophene rings is 1. The van der Waals surface area contributed by atoms with E-state index in [1.54, 1.807) is 71.8 Å². The van der Waals surface area contributed by atoms with E-state index in [0.29, 0.717) is 53.6 Å². The van der Waals surface area contributed by atoms with E-state index in [-0.39, 0.29) is 41.1 Å². The van der Waals surface area contributed by atoms with Crippen LogP contribution in [0.5, 0.6) is 5.75 Å². The van der Waals surface area contributed by atoms with Crippen molar-refractivity contribution in [2.24, 2.45) is 5.92 Å². The van der Waals surface area contributed by atoms with Crippen molar-refractivity contribution in [2.75, 3.05) is 42.5 Å². The highest BCUT2D eigenvalue weighted by Gasteiger charge is 2.31. The molecular formula is C35H41N5O6S2. The predicted molar refractivity (Wildman–Crippen MR) is 189 cm³/mol. The number of hydrogen-bond acceptors (Lipinski definition) is 9. The van der Waals surface area contributed by atoms with Crippen LogP contribution in [0.4, 0.5) is 17.1 Å². The zero-order valence-electron chi connectivity index (χ0n) is 27.1. The van der Waals surface area contributed by atoms with Crippen molar-refractivity contribution in [1.82, 2.24) is 9.80 Å². The number of nitrogen functional groups attached to an aromatic ring is 1. The molecule has 0 saturated heterocycles. The number of aliphatic hydroxyl groups excluding tert-OH is 1. The van der Waals surface area contributed by atoms with Crippen LogP contribution < -0.4 is 20.5 Å². The molecule has 0 saturated carbocycles. The average Bonchev–Trinajstić information content (AvgIpc) is 3.62. The molecule has 4 aromatic rings. The number of nitrogens with two attached hydrogens (primary N) is 1. The highest BCUT2D eigenvalue weighted by Crippen LogP contribution is 2.31. The smallest absolute Gasteiger partial charge is 0.271 e. The molecule has 1 aromatic heterocycles.